The Morgan fingerprint density at radius 1 is 1.18 bits per heavy atom. The molecule has 3 amide bonds. The number of amides is 3. The molecule has 1 atom stereocenters. The molecule has 0 aromatic heterocycles. The average molecular weight is 302 g/mol. The van der Waals surface area contributed by atoms with Gasteiger partial charge in [0, 0.05) is 31.6 Å². The first-order valence-electron chi connectivity index (χ1n) is 7.51. The van der Waals surface area contributed by atoms with Crippen molar-refractivity contribution in [3.63, 3.8) is 0 Å². The Labute approximate surface area is 128 Å². The smallest absolute Gasteiger partial charge is 0.251 e. The first-order chi connectivity index (χ1) is 10.6. The van der Waals surface area contributed by atoms with Crippen molar-refractivity contribution in [3.05, 3.63) is 29.8 Å². The molecule has 3 rings (SSSR count). The third-order valence-corrected chi connectivity index (χ3v) is 3.95. The molecule has 2 saturated heterocycles. The van der Waals surface area contributed by atoms with Gasteiger partial charge >= 0.3 is 0 Å². The summed E-state index contributed by atoms with van der Waals surface area (Å²) in [5.41, 5.74) is 1.02. The lowest BCUT2D eigenvalue weighted by molar-refractivity contribution is -0.121. The first-order valence-corrected chi connectivity index (χ1v) is 7.51. The zero-order chi connectivity index (χ0) is 15.5. The number of imide groups is 1. The predicted octanol–water partition coefficient (Wildman–Crippen LogP) is 1.25. The Morgan fingerprint density at radius 3 is 2.45 bits per heavy atom. The molecule has 2 aliphatic rings. The van der Waals surface area contributed by atoms with Crippen LogP contribution in [0.15, 0.2) is 24.3 Å². The number of anilines is 1. The fourth-order valence-electron chi connectivity index (χ4n) is 2.74. The normalized spacial score (nSPS) is 21.5. The Balaban J connectivity index is 1.62. The summed E-state index contributed by atoms with van der Waals surface area (Å²) in [6.07, 6.45) is 2.61. The molecule has 0 radical (unpaired) electrons. The van der Waals surface area contributed by atoms with Crippen LogP contribution in [0.5, 0.6) is 0 Å². The highest BCUT2D eigenvalue weighted by atomic mass is 16.5. The Bertz CT molecular complexity index is 575. The van der Waals surface area contributed by atoms with Crippen LogP contribution in [0.4, 0.5) is 5.69 Å². The second-order valence-electron chi connectivity index (χ2n) is 5.51. The maximum Gasteiger partial charge on any atom is 0.251 e. The van der Waals surface area contributed by atoms with E-state index < -0.39 is 0 Å². The van der Waals surface area contributed by atoms with Gasteiger partial charge in [0.15, 0.2) is 0 Å². The second-order valence-corrected chi connectivity index (χ2v) is 5.51. The molecule has 6 heteroatoms. The quantitative estimate of drug-likeness (QED) is 0.849. The monoisotopic (exact) mass is 302 g/mol. The van der Waals surface area contributed by atoms with E-state index in [1.165, 1.54) is 4.90 Å². The molecule has 1 aromatic carbocycles. The predicted molar refractivity (Wildman–Crippen MR) is 79.5 cm³/mol. The topological polar surface area (TPSA) is 75.7 Å². The fourth-order valence-corrected chi connectivity index (χ4v) is 2.74. The Hall–Kier alpha value is -2.21. The molecule has 0 saturated carbocycles. The van der Waals surface area contributed by atoms with E-state index in [2.05, 4.69) is 5.32 Å². The van der Waals surface area contributed by atoms with Crippen molar-refractivity contribution in [2.75, 3.05) is 18.1 Å². The van der Waals surface area contributed by atoms with Crippen molar-refractivity contribution in [2.24, 2.45) is 0 Å². The van der Waals surface area contributed by atoms with Crippen LogP contribution in [-0.2, 0) is 14.3 Å². The lowest BCUT2D eigenvalue weighted by Gasteiger charge is -2.14. The zero-order valence-electron chi connectivity index (χ0n) is 12.2. The largest absolute Gasteiger partial charge is 0.376 e. The van der Waals surface area contributed by atoms with Gasteiger partial charge < -0.3 is 10.1 Å². The van der Waals surface area contributed by atoms with E-state index in [0.717, 1.165) is 19.4 Å². The second kappa shape index (κ2) is 6.27. The first kappa shape index (κ1) is 14.7. The zero-order valence-corrected chi connectivity index (χ0v) is 12.2. The van der Waals surface area contributed by atoms with Crippen molar-refractivity contribution >= 4 is 23.4 Å². The molecule has 0 unspecified atom stereocenters. The molecule has 0 bridgehead atoms. The summed E-state index contributed by atoms with van der Waals surface area (Å²) in [6.45, 7) is 1.26. The average Bonchev–Trinajstić information content (AvgIpc) is 3.15. The molecule has 0 spiro atoms. The van der Waals surface area contributed by atoms with Crippen LogP contribution in [0.3, 0.4) is 0 Å². The van der Waals surface area contributed by atoms with Crippen LogP contribution in [0, 0.1) is 0 Å². The minimum atomic E-state index is -0.194. The van der Waals surface area contributed by atoms with Crippen molar-refractivity contribution in [1.82, 2.24) is 5.32 Å². The van der Waals surface area contributed by atoms with Gasteiger partial charge in [-0.05, 0) is 37.1 Å². The third-order valence-electron chi connectivity index (χ3n) is 3.95. The number of rotatable bonds is 4. The van der Waals surface area contributed by atoms with Crippen LogP contribution in [0.2, 0.25) is 0 Å². The number of hydrogen-bond donors (Lipinski definition) is 1. The molecule has 22 heavy (non-hydrogen) atoms. The Kier molecular flexibility index (Phi) is 4.20. The van der Waals surface area contributed by atoms with Gasteiger partial charge in [-0.2, -0.15) is 0 Å². The molecular formula is C16H18N2O4. The highest BCUT2D eigenvalue weighted by Gasteiger charge is 2.30. The van der Waals surface area contributed by atoms with Gasteiger partial charge in [-0.1, -0.05) is 0 Å². The highest BCUT2D eigenvalue weighted by Crippen LogP contribution is 2.22. The SMILES string of the molecule is O=C(NC[C@H]1CCCO1)c1ccc(N2C(=O)CCC2=O)cc1. The van der Waals surface area contributed by atoms with E-state index in [0.29, 0.717) is 17.8 Å². The molecule has 6 nitrogen and oxygen atoms in total. The van der Waals surface area contributed by atoms with Gasteiger partial charge in [-0.3, -0.25) is 19.3 Å². The number of carbonyl (C=O) groups excluding carboxylic acids is 3. The molecule has 0 aliphatic carbocycles. The summed E-state index contributed by atoms with van der Waals surface area (Å²) in [4.78, 5) is 36.6. The molecule has 2 fully saturated rings. The van der Waals surface area contributed by atoms with Crippen LogP contribution >= 0.6 is 0 Å². The molecular weight excluding hydrogens is 284 g/mol. The van der Waals surface area contributed by atoms with E-state index in [-0.39, 0.29) is 36.7 Å². The molecule has 116 valence electrons. The number of benzene rings is 1. The van der Waals surface area contributed by atoms with Gasteiger partial charge in [0.05, 0.1) is 11.8 Å². The molecule has 2 aliphatic heterocycles. The number of nitrogens with zero attached hydrogens (tertiary/aromatic N) is 1. The van der Waals surface area contributed by atoms with Crippen molar-refractivity contribution in [1.29, 1.82) is 0 Å². The fraction of sp³-hybridized carbons (Fsp3) is 0.438. The summed E-state index contributed by atoms with van der Waals surface area (Å²) >= 11 is 0. The van der Waals surface area contributed by atoms with Crippen LogP contribution in [-0.4, -0.2) is 37.0 Å². The summed E-state index contributed by atoms with van der Waals surface area (Å²) in [7, 11) is 0. The lowest BCUT2D eigenvalue weighted by Crippen LogP contribution is -2.32. The van der Waals surface area contributed by atoms with Crippen LogP contribution in [0.25, 0.3) is 0 Å². The van der Waals surface area contributed by atoms with Crippen molar-refractivity contribution in [3.8, 4) is 0 Å². The summed E-state index contributed by atoms with van der Waals surface area (Å²) in [5, 5.41) is 2.84. The standard InChI is InChI=1S/C16H18N2O4/c19-14-7-8-15(20)18(14)12-5-3-11(4-6-12)16(21)17-10-13-2-1-9-22-13/h3-6,13H,1-2,7-10H2,(H,17,21)/t13-/m1/s1. The lowest BCUT2D eigenvalue weighted by atomic mass is 10.1. The van der Waals surface area contributed by atoms with E-state index in [1.54, 1.807) is 24.3 Å². The molecule has 1 aromatic rings. The maximum atomic E-state index is 12.0. The highest BCUT2D eigenvalue weighted by molar-refractivity contribution is 6.19. The minimum absolute atomic E-state index is 0.100. The van der Waals surface area contributed by atoms with Gasteiger partial charge in [-0.25, -0.2) is 0 Å². The van der Waals surface area contributed by atoms with Crippen molar-refractivity contribution in [2.45, 2.75) is 31.8 Å². The van der Waals surface area contributed by atoms with Gasteiger partial charge in [-0.15, -0.1) is 0 Å². The number of nitrogens with one attached hydrogen (secondary N) is 1. The number of ether oxygens (including phenoxy) is 1. The Morgan fingerprint density at radius 2 is 1.86 bits per heavy atom. The van der Waals surface area contributed by atoms with Crippen LogP contribution < -0.4 is 10.2 Å². The number of hydrogen-bond acceptors (Lipinski definition) is 4. The summed E-state index contributed by atoms with van der Waals surface area (Å²) in [6, 6.07) is 6.50. The minimum Gasteiger partial charge on any atom is -0.376 e. The van der Waals surface area contributed by atoms with E-state index in [9.17, 15) is 14.4 Å². The molecule has 2 heterocycles. The maximum absolute atomic E-state index is 12.0. The molecule has 1 N–H and O–H groups in total. The van der Waals surface area contributed by atoms with Crippen molar-refractivity contribution < 1.29 is 19.1 Å². The third kappa shape index (κ3) is 3.01. The van der Waals surface area contributed by atoms with Crippen LogP contribution in [0.1, 0.15) is 36.0 Å². The van der Waals surface area contributed by atoms with Gasteiger partial charge in [0.2, 0.25) is 11.8 Å². The van der Waals surface area contributed by atoms with E-state index in [4.69, 9.17) is 4.74 Å². The van der Waals surface area contributed by atoms with Gasteiger partial charge in [0.1, 0.15) is 0 Å². The summed E-state index contributed by atoms with van der Waals surface area (Å²) in [5.74, 6) is -0.567. The van der Waals surface area contributed by atoms with E-state index in [1.807, 2.05) is 0 Å². The van der Waals surface area contributed by atoms with Gasteiger partial charge in [0.25, 0.3) is 5.91 Å². The summed E-state index contributed by atoms with van der Waals surface area (Å²) < 4.78 is 5.45. The van der Waals surface area contributed by atoms with E-state index >= 15 is 0 Å². The number of carbonyl (C=O) groups is 3.